The predicted molar refractivity (Wildman–Crippen MR) is 128 cm³/mol. The van der Waals surface area contributed by atoms with Crippen molar-refractivity contribution < 1.29 is 19.1 Å². The Bertz CT molecular complexity index is 1170. The Labute approximate surface area is 203 Å². The lowest BCUT2D eigenvalue weighted by molar-refractivity contribution is -0.123. The van der Waals surface area contributed by atoms with Crippen LogP contribution in [0.15, 0.2) is 70.2 Å². The number of nitrogens with one attached hydrogen (secondary N) is 1. The summed E-state index contributed by atoms with van der Waals surface area (Å²) in [5.41, 5.74) is 4.30. The van der Waals surface area contributed by atoms with Gasteiger partial charge in [-0.15, -0.1) is 0 Å². The Balaban J connectivity index is 1.62. The van der Waals surface area contributed by atoms with Gasteiger partial charge in [0.15, 0.2) is 6.61 Å². The predicted octanol–water partition coefficient (Wildman–Crippen LogP) is 5.81. The van der Waals surface area contributed by atoms with E-state index in [-0.39, 0.29) is 6.61 Å². The van der Waals surface area contributed by atoms with E-state index in [2.05, 4.69) is 26.5 Å². The lowest BCUT2D eigenvalue weighted by Crippen LogP contribution is -2.24. The third-order valence-corrected chi connectivity index (χ3v) is 5.13. The number of hydrogen-bond acceptors (Lipinski definition) is 5. The summed E-state index contributed by atoms with van der Waals surface area (Å²) < 4.78 is 11.6. The van der Waals surface area contributed by atoms with Crippen LogP contribution in [-0.2, 0) is 4.79 Å². The maximum atomic E-state index is 12.4. The summed E-state index contributed by atoms with van der Waals surface area (Å²) in [5, 5.41) is 4.67. The smallest absolute Gasteiger partial charge is 0.343 e. The van der Waals surface area contributed by atoms with Crippen molar-refractivity contribution in [2.45, 2.75) is 6.92 Å². The number of benzene rings is 3. The molecule has 0 aliphatic rings. The standard InChI is InChI=1S/C23H17BrCl2N2O4/c1-14-2-4-15(5-3-14)23(30)32-20-8-6-17(24)10-16(20)12-27-28-22(29)13-31-21-9-7-18(25)11-19(21)26/h2-12H,13H2,1H3,(H,28,29)/b27-12-. The molecule has 0 aromatic heterocycles. The lowest BCUT2D eigenvalue weighted by atomic mass is 10.1. The fourth-order valence-corrected chi connectivity index (χ4v) is 3.35. The van der Waals surface area contributed by atoms with Gasteiger partial charge in [0.1, 0.15) is 11.5 Å². The number of halogens is 3. The van der Waals surface area contributed by atoms with Gasteiger partial charge in [-0.2, -0.15) is 5.10 Å². The first-order chi connectivity index (χ1) is 15.3. The Kier molecular flexibility index (Phi) is 8.27. The molecule has 0 aliphatic carbocycles. The summed E-state index contributed by atoms with van der Waals surface area (Å²) in [6.45, 7) is 1.63. The van der Waals surface area contributed by atoms with Crippen molar-refractivity contribution in [1.29, 1.82) is 0 Å². The van der Waals surface area contributed by atoms with E-state index in [1.807, 2.05) is 19.1 Å². The monoisotopic (exact) mass is 534 g/mol. The molecule has 0 atom stereocenters. The van der Waals surface area contributed by atoms with Gasteiger partial charge in [-0.25, -0.2) is 10.2 Å². The van der Waals surface area contributed by atoms with Gasteiger partial charge >= 0.3 is 5.97 Å². The van der Waals surface area contributed by atoms with Crippen molar-refractivity contribution in [2.75, 3.05) is 6.61 Å². The molecular formula is C23H17BrCl2N2O4. The average molecular weight is 536 g/mol. The maximum Gasteiger partial charge on any atom is 0.343 e. The van der Waals surface area contributed by atoms with Crippen LogP contribution >= 0.6 is 39.1 Å². The first-order valence-corrected chi connectivity index (χ1v) is 10.8. The first kappa shape index (κ1) is 23.8. The van der Waals surface area contributed by atoms with Gasteiger partial charge in [-0.05, 0) is 55.5 Å². The van der Waals surface area contributed by atoms with Crippen LogP contribution in [0, 0.1) is 6.92 Å². The largest absolute Gasteiger partial charge is 0.482 e. The minimum Gasteiger partial charge on any atom is -0.482 e. The lowest BCUT2D eigenvalue weighted by Gasteiger charge is -2.09. The number of hydrazone groups is 1. The van der Waals surface area contributed by atoms with E-state index >= 15 is 0 Å². The quantitative estimate of drug-likeness (QED) is 0.179. The number of ether oxygens (including phenoxy) is 2. The zero-order valence-corrected chi connectivity index (χ0v) is 19.9. The summed E-state index contributed by atoms with van der Waals surface area (Å²) in [7, 11) is 0. The molecule has 1 N–H and O–H groups in total. The van der Waals surface area contributed by atoms with E-state index in [0.717, 1.165) is 10.0 Å². The van der Waals surface area contributed by atoms with Gasteiger partial charge in [0.2, 0.25) is 0 Å². The molecule has 0 radical (unpaired) electrons. The van der Waals surface area contributed by atoms with E-state index in [9.17, 15) is 9.59 Å². The van der Waals surface area contributed by atoms with Crippen molar-refractivity contribution in [3.8, 4) is 11.5 Å². The number of esters is 1. The van der Waals surface area contributed by atoms with E-state index in [1.165, 1.54) is 12.3 Å². The molecule has 0 saturated carbocycles. The number of nitrogens with zero attached hydrogens (tertiary/aromatic N) is 1. The number of carbonyl (C=O) groups is 2. The highest BCUT2D eigenvalue weighted by Crippen LogP contribution is 2.27. The van der Waals surface area contributed by atoms with Gasteiger partial charge in [0.05, 0.1) is 16.8 Å². The van der Waals surface area contributed by atoms with E-state index in [1.54, 1.807) is 42.5 Å². The van der Waals surface area contributed by atoms with Crippen LogP contribution < -0.4 is 14.9 Å². The Morgan fingerprint density at radius 2 is 1.75 bits per heavy atom. The molecule has 0 saturated heterocycles. The number of carbonyl (C=O) groups excluding carboxylic acids is 2. The highest BCUT2D eigenvalue weighted by Gasteiger charge is 2.12. The van der Waals surface area contributed by atoms with Crippen molar-refractivity contribution in [3.05, 3.63) is 91.9 Å². The van der Waals surface area contributed by atoms with Crippen molar-refractivity contribution in [2.24, 2.45) is 5.10 Å². The first-order valence-electron chi connectivity index (χ1n) is 9.30. The number of hydrogen-bond donors (Lipinski definition) is 1. The highest BCUT2D eigenvalue weighted by atomic mass is 79.9. The second kappa shape index (κ2) is 11.1. The molecule has 0 fully saturated rings. The molecule has 0 heterocycles. The molecular weight excluding hydrogens is 519 g/mol. The van der Waals surface area contributed by atoms with Crippen molar-refractivity contribution >= 4 is 57.2 Å². The normalized spacial score (nSPS) is 10.8. The van der Waals surface area contributed by atoms with Crippen LogP contribution in [0.2, 0.25) is 10.0 Å². The third-order valence-electron chi connectivity index (χ3n) is 4.11. The molecule has 0 bridgehead atoms. The van der Waals surface area contributed by atoms with Crippen LogP contribution in [0.3, 0.4) is 0 Å². The Morgan fingerprint density at radius 1 is 1.03 bits per heavy atom. The molecule has 6 nitrogen and oxygen atoms in total. The summed E-state index contributed by atoms with van der Waals surface area (Å²) in [6.07, 6.45) is 1.37. The summed E-state index contributed by atoms with van der Waals surface area (Å²) in [6, 6.07) is 16.8. The fraction of sp³-hybridized carbons (Fsp3) is 0.0870. The zero-order chi connectivity index (χ0) is 23.1. The number of rotatable bonds is 7. The van der Waals surface area contributed by atoms with E-state index < -0.39 is 11.9 Å². The number of amides is 1. The molecule has 3 rings (SSSR count). The Hall–Kier alpha value is -2.87. The maximum absolute atomic E-state index is 12.4. The van der Waals surface area contributed by atoms with Crippen LogP contribution in [-0.4, -0.2) is 24.7 Å². The minimum atomic E-state index is -0.501. The molecule has 3 aromatic rings. The molecule has 0 spiro atoms. The topological polar surface area (TPSA) is 77.0 Å². The van der Waals surface area contributed by atoms with E-state index in [4.69, 9.17) is 32.7 Å². The highest BCUT2D eigenvalue weighted by molar-refractivity contribution is 9.10. The molecule has 1 amide bonds. The molecule has 3 aromatic carbocycles. The SMILES string of the molecule is Cc1ccc(C(=O)Oc2ccc(Br)cc2/C=N\NC(=O)COc2ccc(Cl)cc2Cl)cc1. The molecule has 0 aliphatic heterocycles. The van der Waals surface area contributed by atoms with Gasteiger partial charge < -0.3 is 9.47 Å². The average Bonchev–Trinajstić information content (AvgIpc) is 2.75. The van der Waals surface area contributed by atoms with Crippen molar-refractivity contribution in [3.63, 3.8) is 0 Å². The third kappa shape index (κ3) is 6.82. The van der Waals surface area contributed by atoms with Gasteiger partial charge in [-0.3, -0.25) is 4.79 Å². The summed E-state index contributed by atoms with van der Waals surface area (Å²) >= 11 is 15.2. The molecule has 9 heteroatoms. The Morgan fingerprint density at radius 3 is 2.47 bits per heavy atom. The fourth-order valence-electron chi connectivity index (χ4n) is 2.50. The van der Waals surface area contributed by atoms with Crippen LogP contribution in [0.25, 0.3) is 0 Å². The van der Waals surface area contributed by atoms with Gasteiger partial charge in [0.25, 0.3) is 5.91 Å². The van der Waals surface area contributed by atoms with Gasteiger partial charge in [-0.1, -0.05) is 56.8 Å². The van der Waals surface area contributed by atoms with Crippen LogP contribution in [0.1, 0.15) is 21.5 Å². The number of aryl methyl sites for hydroxylation is 1. The van der Waals surface area contributed by atoms with Crippen LogP contribution in [0.4, 0.5) is 0 Å². The molecule has 32 heavy (non-hydrogen) atoms. The summed E-state index contributed by atoms with van der Waals surface area (Å²) in [4.78, 5) is 24.4. The molecule has 0 unspecified atom stereocenters. The second-order valence-corrected chi connectivity index (χ2v) is 8.35. The van der Waals surface area contributed by atoms with E-state index in [0.29, 0.717) is 32.7 Å². The summed E-state index contributed by atoms with van der Waals surface area (Å²) in [5.74, 6) is -0.381. The van der Waals surface area contributed by atoms with Gasteiger partial charge in [0, 0.05) is 15.1 Å². The minimum absolute atomic E-state index is 0.293. The molecule has 164 valence electrons. The van der Waals surface area contributed by atoms with Crippen molar-refractivity contribution in [1.82, 2.24) is 5.43 Å². The zero-order valence-electron chi connectivity index (χ0n) is 16.8. The second-order valence-electron chi connectivity index (χ2n) is 6.59. The van der Waals surface area contributed by atoms with Crippen LogP contribution in [0.5, 0.6) is 11.5 Å².